The molecule has 0 saturated carbocycles. The molecule has 0 spiro atoms. The Balaban J connectivity index is 3.87. The number of carbonyl (C=O) groups excluding carboxylic acids is 1. The zero-order valence-electron chi connectivity index (χ0n) is 10.8. The first-order chi connectivity index (χ1) is 7.04. The van der Waals surface area contributed by atoms with E-state index >= 15 is 0 Å². The van der Waals surface area contributed by atoms with Gasteiger partial charge in [0, 0.05) is 12.0 Å². The van der Waals surface area contributed by atoms with Crippen LogP contribution in [-0.2, 0) is 9.53 Å². The highest BCUT2D eigenvalue weighted by molar-refractivity contribution is 5.79. The van der Waals surface area contributed by atoms with E-state index in [-0.39, 0.29) is 5.91 Å². The largest absolute Gasteiger partial charge is 0.369 e. The number of amides is 1. The normalized spacial score (nSPS) is 14.9. The molecular formula is C11H24N2O3. The van der Waals surface area contributed by atoms with Crippen LogP contribution < -0.4 is 11.1 Å². The summed E-state index contributed by atoms with van der Waals surface area (Å²) in [6.45, 7) is 9.57. The zero-order valence-corrected chi connectivity index (χ0v) is 10.8. The Morgan fingerprint density at radius 2 is 1.88 bits per heavy atom. The summed E-state index contributed by atoms with van der Waals surface area (Å²) in [7, 11) is 0. The average Bonchev–Trinajstić information content (AvgIpc) is 1.99. The van der Waals surface area contributed by atoms with Crippen LogP contribution in [0.2, 0.25) is 0 Å². The zero-order chi connectivity index (χ0) is 13.0. The lowest BCUT2D eigenvalue weighted by molar-refractivity contribution is -0.181. The molecule has 0 rings (SSSR count). The molecule has 0 aliphatic heterocycles. The van der Waals surface area contributed by atoms with E-state index in [1.54, 1.807) is 13.8 Å². The highest BCUT2D eigenvalue weighted by atomic mass is 16.6. The summed E-state index contributed by atoms with van der Waals surface area (Å²) in [5.74, 6) is -0.347. The minimum absolute atomic E-state index is 0.347. The van der Waals surface area contributed by atoms with Crippen LogP contribution in [0.3, 0.4) is 0 Å². The highest BCUT2D eigenvalue weighted by Gasteiger charge is 2.25. The van der Waals surface area contributed by atoms with Crippen molar-refractivity contribution in [3.63, 3.8) is 0 Å². The predicted molar refractivity (Wildman–Crippen MR) is 62.4 cm³/mol. The smallest absolute Gasteiger partial charge is 0.223 e. The SMILES string of the molecule is CC(C)(C)O[C@@H](O)NCCC(C)(C)C(N)=O. The van der Waals surface area contributed by atoms with Crippen molar-refractivity contribution < 1.29 is 14.6 Å². The Hall–Kier alpha value is -0.650. The van der Waals surface area contributed by atoms with Crippen LogP contribution >= 0.6 is 0 Å². The number of nitrogens with two attached hydrogens (primary N) is 1. The fourth-order valence-electron chi connectivity index (χ4n) is 1.01. The number of aliphatic hydroxyl groups is 1. The molecule has 5 heteroatoms. The molecule has 1 amide bonds. The van der Waals surface area contributed by atoms with Crippen molar-refractivity contribution in [1.29, 1.82) is 0 Å². The van der Waals surface area contributed by atoms with Gasteiger partial charge in [0.15, 0.2) is 0 Å². The summed E-state index contributed by atoms with van der Waals surface area (Å²) in [6, 6.07) is 0. The summed E-state index contributed by atoms with van der Waals surface area (Å²) < 4.78 is 5.24. The number of nitrogens with one attached hydrogen (secondary N) is 1. The summed E-state index contributed by atoms with van der Waals surface area (Å²) in [5, 5.41) is 12.2. The van der Waals surface area contributed by atoms with Crippen molar-refractivity contribution in [2.75, 3.05) is 6.54 Å². The average molecular weight is 232 g/mol. The van der Waals surface area contributed by atoms with Crippen molar-refractivity contribution in [3.05, 3.63) is 0 Å². The molecule has 0 aromatic heterocycles. The summed E-state index contributed by atoms with van der Waals surface area (Å²) in [6.07, 6.45) is -0.476. The van der Waals surface area contributed by atoms with E-state index in [1.807, 2.05) is 20.8 Å². The number of aliphatic hydroxyl groups excluding tert-OH is 1. The third-order valence-electron chi connectivity index (χ3n) is 2.20. The molecular weight excluding hydrogens is 208 g/mol. The molecule has 0 aromatic carbocycles. The molecule has 0 aliphatic carbocycles. The van der Waals surface area contributed by atoms with E-state index < -0.39 is 17.4 Å². The van der Waals surface area contributed by atoms with E-state index in [0.717, 1.165) is 0 Å². The van der Waals surface area contributed by atoms with Crippen LogP contribution in [0.25, 0.3) is 0 Å². The van der Waals surface area contributed by atoms with Crippen LogP contribution in [0.5, 0.6) is 0 Å². The summed E-state index contributed by atoms with van der Waals surface area (Å²) in [5.41, 5.74) is 4.24. The molecule has 0 radical (unpaired) electrons. The maximum absolute atomic E-state index is 11.0. The van der Waals surface area contributed by atoms with Crippen LogP contribution in [0.15, 0.2) is 0 Å². The first kappa shape index (κ1) is 15.3. The van der Waals surface area contributed by atoms with Crippen molar-refractivity contribution >= 4 is 5.91 Å². The summed E-state index contributed by atoms with van der Waals surface area (Å²) in [4.78, 5) is 11.0. The molecule has 0 bridgehead atoms. The lowest BCUT2D eigenvalue weighted by atomic mass is 9.89. The quantitative estimate of drug-likeness (QED) is 0.584. The number of hydrogen-bond acceptors (Lipinski definition) is 4. The molecule has 5 nitrogen and oxygen atoms in total. The Morgan fingerprint density at radius 1 is 1.38 bits per heavy atom. The lowest BCUT2D eigenvalue weighted by Crippen LogP contribution is -2.41. The van der Waals surface area contributed by atoms with Gasteiger partial charge in [0.05, 0.1) is 5.60 Å². The molecule has 16 heavy (non-hydrogen) atoms. The van der Waals surface area contributed by atoms with Gasteiger partial charge in [-0.1, -0.05) is 13.8 Å². The molecule has 0 heterocycles. The standard InChI is InChI=1S/C11H24N2O3/c1-10(2,3)16-9(15)13-7-6-11(4,5)8(12)14/h9,13,15H,6-7H2,1-5H3,(H2,12,14)/t9-/m1/s1. The third-order valence-corrected chi connectivity index (χ3v) is 2.20. The summed E-state index contributed by atoms with van der Waals surface area (Å²) >= 11 is 0. The molecule has 1 atom stereocenters. The van der Waals surface area contributed by atoms with Gasteiger partial charge in [0.2, 0.25) is 12.3 Å². The van der Waals surface area contributed by atoms with Crippen molar-refractivity contribution in [3.8, 4) is 0 Å². The van der Waals surface area contributed by atoms with Gasteiger partial charge in [0.1, 0.15) is 0 Å². The Kier molecular flexibility index (Phi) is 5.38. The third kappa shape index (κ3) is 6.76. The highest BCUT2D eigenvalue weighted by Crippen LogP contribution is 2.18. The van der Waals surface area contributed by atoms with Gasteiger partial charge in [0.25, 0.3) is 0 Å². The number of hydrogen-bond donors (Lipinski definition) is 3. The van der Waals surface area contributed by atoms with Crippen molar-refractivity contribution in [1.82, 2.24) is 5.32 Å². The first-order valence-corrected chi connectivity index (χ1v) is 5.44. The van der Waals surface area contributed by atoms with E-state index in [9.17, 15) is 9.90 Å². The number of primary amides is 1. The van der Waals surface area contributed by atoms with Crippen molar-refractivity contribution in [2.24, 2.45) is 11.1 Å². The maximum atomic E-state index is 11.0. The van der Waals surface area contributed by atoms with Gasteiger partial charge in [-0.2, -0.15) is 0 Å². The molecule has 96 valence electrons. The Labute approximate surface area is 97.3 Å². The topological polar surface area (TPSA) is 84.6 Å². The van der Waals surface area contributed by atoms with Crippen LogP contribution in [0.1, 0.15) is 41.0 Å². The van der Waals surface area contributed by atoms with Gasteiger partial charge in [-0.3, -0.25) is 10.1 Å². The van der Waals surface area contributed by atoms with Crippen LogP contribution in [-0.4, -0.2) is 29.6 Å². The van der Waals surface area contributed by atoms with Gasteiger partial charge in [-0.15, -0.1) is 0 Å². The minimum Gasteiger partial charge on any atom is -0.369 e. The Morgan fingerprint density at radius 3 is 2.25 bits per heavy atom. The molecule has 4 N–H and O–H groups in total. The second-order valence-electron chi connectivity index (χ2n) is 5.53. The second-order valence-corrected chi connectivity index (χ2v) is 5.53. The lowest BCUT2D eigenvalue weighted by Gasteiger charge is -2.26. The van der Waals surface area contributed by atoms with Crippen molar-refractivity contribution in [2.45, 2.75) is 53.1 Å². The predicted octanol–water partition coefficient (Wildman–Crippen LogP) is 0.569. The van der Waals surface area contributed by atoms with Crippen LogP contribution in [0.4, 0.5) is 0 Å². The number of rotatable bonds is 6. The van der Waals surface area contributed by atoms with E-state index in [2.05, 4.69) is 5.32 Å². The van der Waals surface area contributed by atoms with Crippen LogP contribution in [0, 0.1) is 5.41 Å². The number of ether oxygens (including phenoxy) is 1. The van der Waals surface area contributed by atoms with E-state index in [0.29, 0.717) is 13.0 Å². The van der Waals surface area contributed by atoms with E-state index in [4.69, 9.17) is 10.5 Å². The fraction of sp³-hybridized carbons (Fsp3) is 0.909. The molecule has 0 aromatic rings. The minimum atomic E-state index is -1.02. The molecule has 0 saturated heterocycles. The van der Waals surface area contributed by atoms with Gasteiger partial charge in [-0.25, -0.2) is 0 Å². The van der Waals surface area contributed by atoms with Gasteiger partial charge >= 0.3 is 0 Å². The maximum Gasteiger partial charge on any atom is 0.223 e. The van der Waals surface area contributed by atoms with Gasteiger partial charge < -0.3 is 15.6 Å². The number of carbonyl (C=O) groups is 1. The molecule has 0 unspecified atom stereocenters. The van der Waals surface area contributed by atoms with E-state index in [1.165, 1.54) is 0 Å². The second kappa shape index (κ2) is 5.61. The molecule has 0 aliphatic rings. The first-order valence-electron chi connectivity index (χ1n) is 5.44. The molecule has 0 fully saturated rings. The monoisotopic (exact) mass is 232 g/mol. The fourth-order valence-corrected chi connectivity index (χ4v) is 1.01. The van der Waals surface area contributed by atoms with Gasteiger partial charge in [-0.05, 0) is 27.2 Å². The Bertz CT molecular complexity index is 234.